The van der Waals surface area contributed by atoms with E-state index in [9.17, 15) is 8.42 Å². The molecule has 2 rings (SSSR count). The molecule has 0 atom stereocenters. The molecule has 0 radical (unpaired) electrons. The van der Waals surface area contributed by atoms with E-state index in [-0.39, 0.29) is 6.61 Å². The van der Waals surface area contributed by atoms with Crippen LogP contribution in [0, 0.1) is 12.8 Å². The highest BCUT2D eigenvalue weighted by Gasteiger charge is 2.12. The van der Waals surface area contributed by atoms with Gasteiger partial charge < -0.3 is 4.42 Å². The van der Waals surface area contributed by atoms with Gasteiger partial charge in [0, 0.05) is 6.42 Å². The molecule has 21 heavy (non-hydrogen) atoms. The molecule has 0 amide bonds. The van der Waals surface area contributed by atoms with E-state index in [0.29, 0.717) is 18.2 Å². The van der Waals surface area contributed by atoms with Gasteiger partial charge in [-0.3, -0.25) is 4.18 Å². The maximum Gasteiger partial charge on any atom is 0.264 e. The minimum Gasteiger partial charge on any atom is -0.442 e. The molecule has 0 unspecified atom stereocenters. The third kappa shape index (κ3) is 5.63. The zero-order valence-corrected chi connectivity index (χ0v) is 13.5. The first-order valence-electron chi connectivity index (χ1n) is 7.43. The molecule has 0 bridgehead atoms. The van der Waals surface area contributed by atoms with Crippen LogP contribution in [0.25, 0.3) is 6.08 Å². The van der Waals surface area contributed by atoms with Crippen molar-refractivity contribution in [3.05, 3.63) is 23.4 Å². The molecule has 1 aromatic heterocycles. The van der Waals surface area contributed by atoms with E-state index < -0.39 is 10.1 Å². The summed E-state index contributed by atoms with van der Waals surface area (Å²) in [6.07, 6.45) is 12.0. The first-order valence-corrected chi connectivity index (χ1v) is 9.24. The SMILES string of the molecule is Cc1oc(C=CC2CCCCC2)nc1CCOS(C)(=O)=O. The second-order valence-corrected chi connectivity index (χ2v) is 7.23. The van der Waals surface area contributed by atoms with E-state index in [2.05, 4.69) is 11.1 Å². The summed E-state index contributed by atoms with van der Waals surface area (Å²) in [6.45, 7) is 1.93. The predicted octanol–water partition coefficient (Wildman–Crippen LogP) is 3.10. The summed E-state index contributed by atoms with van der Waals surface area (Å²) in [4.78, 5) is 4.39. The Balaban J connectivity index is 1.90. The van der Waals surface area contributed by atoms with Crippen molar-refractivity contribution in [2.24, 2.45) is 5.92 Å². The molecule has 0 spiro atoms. The highest BCUT2D eigenvalue weighted by atomic mass is 32.2. The topological polar surface area (TPSA) is 69.4 Å². The average molecular weight is 313 g/mol. The van der Waals surface area contributed by atoms with E-state index in [4.69, 9.17) is 8.60 Å². The molecule has 1 saturated carbocycles. The molecule has 0 N–H and O–H groups in total. The Morgan fingerprint density at radius 1 is 1.33 bits per heavy atom. The lowest BCUT2D eigenvalue weighted by Crippen LogP contribution is -2.06. The Hall–Kier alpha value is -1.14. The third-order valence-electron chi connectivity index (χ3n) is 3.71. The fourth-order valence-electron chi connectivity index (χ4n) is 2.59. The van der Waals surface area contributed by atoms with Gasteiger partial charge >= 0.3 is 0 Å². The van der Waals surface area contributed by atoms with Crippen LogP contribution in [0.5, 0.6) is 0 Å². The van der Waals surface area contributed by atoms with Crippen LogP contribution in [0.1, 0.15) is 49.4 Å². The van der Waals surface area contributed by atoms with Crippen LogP contribution in [0.3, 0.4) is 0 Å². The summed E-state index contributed by atoms with van der Waals surface area (Å²) < 4.78 is 32.1. The Bertz CT molecular complexity index is 583. The summed E-state index contributed by atoms with van der Waals surface area (Å²) in [5.41, 5.74) is 0.752. The number of hydrogen-bond acceptors (Lipinski definition) is 5. The summed E-state index contributed by atoms with van der Waals surface area (Å²) in [6, 6.07) is 0. The van der Waals surface area contributed by atoms with Crippen LogP contribution in [-0.4, -0.2) is 26.3 Å². The molecule has 0 aromatic carbocycles. The predicted molar refractivity (Wildman–Crippen MR) is 81.3 cm³/mol. The molecule has 0 aliphatic heterocycles. The molecular formula is C15H23NO4S. The van der Waals surface area contributed by atoms with Crippen molar-refractivity contribution in [2.75, 3.05) is 12.9 Å². The van der Waals surface area contributed by atoms with Crippen molar-refractivity contribution in [1.29, 1.82) is 0 Å². The van der Waals surface area contributed by atoms with Gasteiger partial charge in [0.05, 0.1) is 18.6 Å². The van der Waals surface area contributed by atoms with Crippen molar-refractivity contribution in [1.82, 2.24) is 4.98 Å². The van der Waals surface area contributed by atoms with Crippen molar-refractivity contribution >= 4 is 16.2 Å². The van der Waals surface area contributed by atoms with E-state index >= 15 is 0 Å². The number of hydrogen-bond donors (Lipinski definition) is 0. The summed E-state index contributed by atoms with van der Waals surface area (Å²) in [5, 5.41) is 0. The first-order chi connectivity index (χ1) is 9.94. The van der Waals surface area contributed by atoms with Gasteiger partial charge in [0.25, 0.3) is 10.1 Å². The van der Waals surface area contributed by atoms with Gasteiger partial charge in [0.15, 0.2) is 0 Å². The van der Waals surface area contributed by atoms with Crippen LogP contribution in [-0.2, 0) is 20.7 Å². The van der Waals surface area contributed by atoms with Gasteiger partial charge in [-0.25, -0.2) is 4.98 Å². The maximum atomic E-state index is 10.9. The van der Waals surface area contributed by atoms with Gasteiger partial charge in [-0.05, 0) is 31.8 Å². The summed E-state index contributed by atoms with van der Waals surface area (Å²) in [5.74, 6) is 1.94. The Labute approximate surface area is 126 Å². The molecule has 0 saturated heterocycles. The quantitative estimate of drug-likeness (QED) is 0.755. The molecule has 1 fully saturated rings. The van der Waals surface area contributed by atoms with Crippen molar-refractivity contribution in [3.8, 4) is 0 Å². The molecule has 5 nitrogen and oxygen atoms in total. The molecular weight excluding hydrogens is 290 g/mol. The van der Waals surface area contributed by atoms with Crippen LogP contribution < -0.4 is 0 Å². The first kappa shape index (κ1) is 16.2. The second kappa shape index (κ2) is 7.22. The van der Waals surface area contributed by atoms with E-state index in [1.54, 1.807) is 0 Å². The lowest BCUT2D eigenvalue weighted by atomic mass is 9.89. The number of oxazole rings is 1. The fourth-order valence-corrected chi connectivity index (χ4v) is 2.97. The molecule has 1 aromatic rings. The van der Waals surface area contributed by atoms with Crippen LogP contribution in [0.15, 0.2) is 10.5 Å². The number of rotatable bonds is 6. The number of aryl methyl sites for hydroxylation is 1. The van der Waals surface area contributed by atoms with Crippen LogP contribution in [0.2, 0.25) is 0 Å². The molecule has 118 valence electrons. The maximum absolute atomic E-state index is 10.9. The monoisotopic (exact) mass is 313 g/mol. The second-order valence-electron chi connectivity index (χ2n) is 5.59. The highest BCUT2D eigenvalue weighted by Crippen LogP contribution is 2.25. The molecule has 1 aliphatic rings. The third-order valence-corrected chi connectivity index (χ3v) is 4.30. The van der Waals surface area contributed by atoms with E-state index in [0.717, 1.165) is 17.7 Å². The zero-order chi connectivity index (χ0) is 15.3. The van der Waals surface area contributed by atoms with Crippen molar-refractivity contribution in [2.45, 2.75) is 45.4 Å². The van der Waals surface area contributed by atoms with Gasteiger partial charge in [0.2, 0.25) is 5.89 Å². The van der Waals surface area contributed by atoms with Gasteiger partial charge in [0.1, 0.15) is 5.76 Å². The van der Waals surface area contributed by atoms with E-state index in [1.807, 2.05) is 13.0 Å². The lowest BCUT2D eigenvalue weighted by Gasteiger charge is -2.17. The average Bonchev–Trinajstić information content (AvgIpc) is 2.77. The Kier molecular flexibility index (Phi) is 5.58. The largest absolute Gasteiger partial charge is 0.442 e. The van der Waals surface area contributed by atoms with Crippen LogP contribution in [0.4, 0.5) is 0 Å². The number of allylic oxidation sites excluding steroid dienone is 1. The van der Waals surface area contributed by atoms with Crippen LogP contribution >= 0.6 is 0 Å². The standard InChI is InChI=1S/C15H23NO4S/c1-12-14(10-11-19-21(2,17)18)16-15(20-12)9-8-13-6-4-3-5-7-13/h8-9,13H,3-7,10-11H2,1-2H3. The number of nitrogens with zero attached hydrogens (tertiary/aromatic N) is 1. The fraction of sp³-hybridized carbons (Fsp3) is 0.667. The highest BCUT2D eigenvalue weighted by molar-refractivity contribution is 7.85. The van der Waals surface area contributed by atoms with Crippen molar-refractivity contribution < 1.29 is 17.0 Å². The van der Waals surface area contributed by atoms with E-state index in [1.165, 1.54) is 32.1 Å². The van der Waals surface area contributed by atoms with Gasteiger partial charge in [-0.15, -0.1) is 0 Å². The minimum atomic E-state index is -3.40. The van der Waals surface area contributed by atoms with Gasteiger partial charge in [-0.1, -0.05) is 25.3 Å². The molecule has 6 heteroatoms. The number of aromatic nitrogens is 1. The summed E-state index contributed by atoms with van der Waals surface area (Å²) >= 11 is 0. The minimum absolute atomic E-state index is 0.0952. The molecule has 1 aliphatic carbocycles. The van der Waals surface area contributed by atoms with Crippen molar-refractivity contribution in [3.63, 3.8) is 0 Å². The van der Waals surface area contributed by atoms with Gasteiger partial charge in [-0.2, -0.15) is 8.42 Å². The Morgan fingerprint density at radius 3 is 2.71 bits per heavy atom. The molecule has 1 heterocycles. The smallest absolute Gasteiger partial charge is 0.264 e. The Morgan fingerprint density at radius 2 is 2.05 bits per heavy atom. The zero-order valence-electron chi connectivity index (χ0n) is 12.7. The summed E-state index contributed by atoms with van der Waals surface area (Å²) in [7, 11) is -3.40. The normalized spacial score (nSPS) is 17.6. The lowest BCUT2D eigenvalue weighted by molar-refractivity contribution is 0.324.